The van der Waals surface area contributed by atoms with Gasteiger partial charge >= 0.3 is 0 Å². The molecule has 1 aliphatic heterocycles. The highest BCUT2D eigenvalue weighted by Crippen LogP contribution is 2.15. The average Bonchev–Trinajstić information content (AvgIpc) is 2.03. The fraction of sp³-hybridized carbons (Fsp3) is 0.778. The van der Waals surface area contributed by atoms with Crippen molar-refractivity contribution in [3.8, 4) is 0 Å². The molecule has 1 heteroatoms. The topological polar surface area (TPSA) is 12.0 Å². The number of nitrogens with one attached hydrogen (secondary N) is 1. The van der Waals surface area contributed by atoms with E-state index in [4.69, 9.17) is 0 Å². The van der Waals surface area contributed by atoms with Crippen molar-refractivity contribution >= 4 is 0 Å². The van der Waals surface area contributed by atoms with Crippen LogP contribution in [0.3, 0.4) is 0 Å². The van der Waals surface area contributed by atoms with Gasteiger partial charge in [-0.05, 0) is 25.0 Å². The van der Waals surface area contributed by atoms with Gasteiger partial charge in [0.15, 0.2) is 0 Å². The summed E-state index contributed by atoms with van der Waals surface area (Å²) in [7, 11) is 0. The van der Waals surface area contributed by atoms with Crippen LogP contribution in [0.15, 0.2) is 12.3 Å². The molecular weight excluding hydrogens is 122 g/mol. The molecule has 0 saturated carbocycles. The summed E-state index contributed by atoms with van der Waals surface area (Å²) in [4.78, 5) is 0. The predicted octanol–water partition coefficient (Wildman–Crippen LogP) is 2.55. The SMILES string of the molecule is CCCCC1C=CNCC1.[HH]. The Bertz CT molecular complexity index is 112. The molecule has 1 N–H and O–H groups in total. The van der Waals surface area contributed by atoms with Crippen molar-refractivity contribution in [2.24, 2.45) is 5.92 Å². The van der Waals surface area contributed by atoms with E-state index in [2.05, 4.69) is 24.5 Å². The summed E-state index contributed by atoms with van der Waals surface area (Å²) in [5.41, 5.74) is 0. The van der Waals surface area contributed by atoms with Gasteiger partial charge < -0.3 is 5.32 Å². The second kappa shape index (κ2) is 4.37. The maximum Gasteiger partial charge on any atom is 0.0146 e. The average molecular weight is 141 g/mol. The summed E-state index contributed by atoms with van der Waals surface area (Å²) in [5.74, 6) is 0.862. The molecule has 0 saturated heterocycles. The van der Waals surface area contributed by atoms with Crippen LogP contribution in [0.5, 0.6) is 0 Å². The lowest BCUT2D eigenvalue weighted by molar-refractivity contribution is 0.491. The molecule has 0 aromatic rings. The monoisotopic (exact) mass is 141 g/mol. The highest BCUT2D eigenvalue weighted by Gasteiger charge is 2.05. The second-order valence-corrected chi connectivity index (χ2v) is 3.00. The highest BCUT2D eigenvalue weighted by atomic mass is 14.8. The predicted molar refractivity (Wildman–Crippen MR) is 46.9 cm³/mol. The minimum Gasteiger partial charge on any atom is -0.391 e. The van der Waals surface area contributed by atoms with Gasteiger partial charge in [0.2, 0.25) is 0 Å². The number of hydrogen-bond donors (Lipinski definition) is 1. The van der Waals surface area contributed by atoms with Crippen molar-refractivity contribution in [2.45, 2.75) is 32.6 Å². The summed E-state index contributed by atoms with van der Waals surface area (Å²) in [6.07, 6.45) is 9.83. The van der Waals surface area contributed by atoms with E-state index in [1.54, 1.807) is 0 Å². The Labute approximate surface area is 65.0 Å². The third kappa shape index (κ3) is 2.42. The Morgan fingerprint density at radius 1 is 1.70 bits per heavy atom. The van der Waals surface area contributed by atoms with E-state index in [0.29, 0.717) is 0 Å². The van der Waals surface area contributed by atoms with Gasteiger partial charge in [-0.15, -0.1) is 0 Å². The maximum absolute atomic E-state index is 3.21. The van der Waals surface area contributed by atoms with Crippen LogP contribution in [0.1, 0.15) is 34.0 Å². The lowest BCUT2D eigenvalue weighted by Gasteiger charge is -2.16. The van der Waals surface area contributed by atoms with Gasteiger partial charge in [-0.3, -0.25) is 0 Å². The van der Waals surface area contributed by atoms with Crippen molar-refractivity contribution in [2.75, 3.05) is 6.54 Å². The molecular formula is C9H19N. The number of unbranched alkanes of at least 4 members (excludes halogenated alkanes) is 1. The minimum atomic E-state index is 0. The Morgan fingerprint density at radius 2 is 2.60 bits per heavy atom. The van der Waals surface area contributed by atoms with Crippen LogP contribution >= 0.6 is 0 Å². The summed E-state index contributed by atoms with van der Waals surface area (Å²) < 4.78 is 0. The first-order valence-electron chi connectivity index (χ1n) is 4.33. The van der Waals surface area contributed by atoms with E-state index < -0.39 is 0 Å². The lowest BCUT2D eigenvalue weighted by atomic mass is 9.97. The molecule has 1 unspecified atom stereocenters. The molecule has 1 atom stereocenters. The molecule has 0 aromatic heterocycles. The van der Waals surface area contributed by atoms with E-state index >= 15 is 0 Å². The fourth-order valence-corrected chi connectivity index (χ4v) is 1.36. The molecule has 10 heavy (non-hydrogen) atoms. The van der Waals surface area contributed by atoms with E-state index in [0.717, 1.165) is 5.92 Å². The third-order valence-electron chi connectivity index (χ3n) is 2.07. The molecule has 60 valence electrons. The Morgan fingerprint density at radius 3 is 3.20 bits per heavy atom. The van der Waals surface area contributed by atoms with Crippen molar-refractivity contribution in [1.29, 1.82) is 0 Å². The van der Waals surface area contributed by atoms with Gasteiger partial charge in [-0.2, -0.15) is 0 Å². The summed E-state index contributed by atoms with van der Waals surface area (Å²) >= 11 is 0. The molecule has 0 aromatic carbocycles. The van der Waals surface area contributed by atoms with Crippen LogP contribution in [-0.4, -0.2) is 6.54 Å². The number of hydrogen-bond acceptors (Lipinski definition) is 1. The van der Waals surface area contributed by atoms with Gasteiger partial charge in [0, 0.05) is 7.97 Å². The summed E-state index contributed by atoms with van der Waals surface area (Å²) in [6.45, 7) is 3.43. The van der Waals surface area contributed by atoms with Crippen molar-refractivity contribution in [1.82, 2.24) is 5.32 Å². The third-order valence-corrected chi connectivity index (χ3v) is 2.07. The van der Waals surface area contributed by atoms with Crippen molar-refractivity contribution < 1.29 is 1.43 Å². The van der Waals surface area contributed by atoms with Crippen LogP contribution in [0, 0.1) is 5.92 Å². The molecule has 0 aliphatic carbocycles. The zero-order chi connectivity index (χ0) is 7.23. The van der Waals surface area contributed by atoms with Crippen LogP contribution in [0.4, 0.5) is 0 Å². The lowest BCUT2D eigenvalue weighted by Crippen LogP contribution is -2.16. The molecule has 1 nitrogen and oxygen atoms in total. The molecule has 0 radical (unpaired) electrons. The minimum absolute atomic E-state index is 0. The van der Waals surface area contributed by atoms with E-state index in [1.165, 1.54) is 32.2 Å². The summed E-state index contributed by atoms with van der Waals surface area (Å²) in [6, 6.07) is 0. The summed E-state index contributed by atoms with van der Waals surface area (Å²) in [5, 5.41) is 3.21. The Balaban J connectivity index is 0.000001000. The smallest absolute Gasteiger partial charge is 0.0146 e. The highest BCUT2D eigenvalue weighted by molar-refractivity contribution is 4.91. The number of rotatable bonds is 3. The molecule has 0 bridgehead atoms. The first kappa shape index (κ1) is 7.64. The molecule has 1 aliphatic rings. The van der Waals surface area contributed by atoms with Crippen LogP contribution < -0.4 is 5.32 Å². The molecule has 0 amide bonds. The van der Waals surface area contributed by atoms with Crippen molar-refractivity contribution in [3.05, 3.63) is 12.3 Å². The zero-order valence-corrected chi connectivity index (χ0v) is 6.77. The van der Waals surface area contributed by atoms with Gasteiger partial charge in [0.05, 0.1) is 0 Å². The van der Waals surface area contributed by atoms with Gasteiger partial charge in [0.1, 0.15) is 0 Å². The number of allylic oxidation sites excluding steroid dienone is 1. The van der Waals surface area contributed by atoms with Crippen LogP contribution in [-0.2, 0) is 0 Å². The van der Waals surface area contributed by atoms with E-state index in [9.17, 15) is 0 Å². The molecule has 1 heterocycles. The van der Waals surface area contributed by atoms with Gasteiger partial charge in [-0.1, -0.05) is 25.8 Å². The second-order valence-electron chi connectivity index (χ2n) is 3.00. The van der Waals surface area contributed by atoms with Crippen LogP contribution in [0.25, 0.3) is 0 Å². The normalized spacial score (nSPS) is 24.3. The van der Waals surface area contributed by atoms with Gasteiger partial charge in [-0.25, -0.2) is 0 Å². The van der Waals surface area contributed by atoms with E-state index in [1.807, 2.05) is 0 Å². The Kier molecular flexibility index (Phi) is 3.34. The van der Waals surface area contributed by atoms with Gasteiger partial charge in [0.25, 0.3) is 0 Å². The molecule has 0 spiro atoms. The Hall–Kier alpha value is -0.460. The fourth-order valence-electron chi connectivity index (χ4n) is 1.36. The quantitative estimate of drug-likeness (QED) is 0.637. The largest absolute Gasteiger partial charge is 0.391 e. The molecule has 1 rings (SSSR count). The zero-order valence-electron chi connectivity index (χ0n) is 6.77. The maximum atomic E-state index is 3.21. The first-order chi connectivity index (χ1) is 4.93. The first-order valence-corrected chi connectivity index (χ1v) is 4.33. The van der Waals surface area contributed by atoms with Crippen molar-refractivity contribution in [3.63, 3.8) is 0 Å². The molecule has 0 fully saturated rings. The van der Waals surface area contributed by atoms with Crippen LogP contribution in [0.2, 0.25) is 0 Å². The standard InChI is InChI=1S/C9H17N.H2/c1-2-3-4-9-5-7-10-8-6-9;/h5,7,9-10H,2-4,6,8H2,1H3;1H. The van der Waals surface area contributed by atoms with E-state index in [-0.39, 0.29) is 1.43 Å².